The first kappa shape index (κ1) is 18.8. The highest BCUT2D eigenvalue weighted by Gasteiger charge is 2.20. The van der Waals surface area contributed by atoms with Gasteiger partial charge in [-0.25, -0.2) is 0 Å². The lowest BCUT2D eigenvalue weighted by Crippen LogP contribution is -2.42. The van der Waals surface area contributed by atoms with Crippen LogP contribution in [0.3, 0.4) is 0 Å². The molecule has 3 rings (SSSR count). The van der Waals surface area contributed by atoms with E-state index in [-0.39, 0.29) is 22.6 Å². The Balaban J connectivity index is 2.30. The second-order valence-electron chi connectivity index (χ2n) is 5.91. The van der Waals surface area contributed by atoms with Crippen LogP contribution in [0, 0.1) is 0 Å². The normalized spacial score (nSPS) is 12.8. The summed E-state index contributed by atoms with van der Waals surface area (Å²) < 4.78 is 1.39. The molecule has 3 heterocycles. The van der Waals surface area contributed by atoms with Crippen molar-refractivity contribution in [1.82, 2.24) is 19.7 Å². The highest BCUT2D eigenvalue weighted by molar-refractivity contribution is 5.90. The minimum Gasteiger partial charge on any atom is -0.506 e. The molecule has 0 aliphatic heterocycles. The van der Waals surface area contributed by atoms with E-state index in [2.05, 4.69) is 26.8 Å². The summed E-state index contributed by atoms with van der Waals surface area (Å²) in [5.41, 5.74) is -0.0626. The molecule has 3 aromatic rings. The van der Waals surface area contributed by atoms with Gasteiger partial charge in [-0.15, -0.1) is 0 Å². The summed E-state index contributed by atoms with van der Waals surface area (Å²) in [6.07, 6.45) is 9.35. The number of hydrogen-bond donors (Lipinski definition) is 3. The van der Waals surface area contributed by atoms with Gasteiger partial charge in [-0.3, -0.25) is 29.8 Å². The van der Waals surface area contributed by atoms with Crippen LogP contribution in [-0.2, 0) is 7.05 Å². The second kappa shape index (κ2) is 7.75. The van der Waals surface area contributed by atoms with E-state index < -0.39 is 11.1 Å². The smallest absolute Gasteiger partial charge is 0.273 e. The molecule has 0 radical (unpaired) electrons. The molecule has 0 bridgehead atoms. The van der Waals surface area contributed by atoms with Gasteiger partial charge < -0.3 is 9.67 Å². The number of H-pyrrole nitrogens is 2. The Hall–Kier alpha value is -3.94. The number of hydrogen-bond acceptors (Lipinski definition) is 5. The molecule has 3 aromatic heterocycles. The van der Waals surface area contributed by atoms with E-state index >= 15 is 0 Å². The van der Waals surface area contributed by atoms with Crippen LogP contribution in [0.25, 0.3) is 23.4 Å². The van der Waals surface area contributed by atoms with Gasteiger partial charge >= 0.3 is 0 Å². The summed E-state index contributed by atoms with van der Waals surface area (Å²) in [6, 6.07) is 3.36. The fourth-order valence-corrected chi connectivity index (χ4v) is 2.90. The van der Waals surface area contributed by atoms with E-state index in [9.17, 15) is 14.7 Å². The van der Waals surface area contributed by atoms with Gasteiger partial charge in [-0.1, -0.05) is 18.7 Å². The molecule has 0 spiro atoms. The maximum Gasteiger partial charge on any atom is 0.273 e. The second-order valence-corrected chi connectivity index (χ2v) is 5.91. The first-order valence-electron chi connectivity index (χ1n) is 8.45. The van der Waals surface area contributed by atoms with Crippen molar-refractivity contribution in [1.29, 1.82) is 0 Å². The predicted octanol–water partition coefficient (Wildman–Crippen LogP) is 0.687. The monoisotopic (exact) mass is 377 g/mol. The van der Waals surface area contributed by atoms with Crippen molar-refractivity contribution in [2.24, 2.45) is 12.0 Å². The van der Waals surface area contributed by atoms with Gasteiger partial charge in [0, 0.05) is 30.9 Å². The average molecular weight is 377 g/mol. The molecule has 0 amide bonds. The molecule has 28 heavy (non-hydrogen) atoms. The standard InChI is InChI=1S/C20H19N5O3/c1-4-6-15-13(5-2)18(26)16(20(28)25(15)3)17-14(19(27)24-23-17)11-22-12-7-9-21-10-8-12/h4-11,26H,1H2,2-3H3,(H2,23,24,27)/b13-5+,15-6+,22-11?. The zero-order valence-corrected chi connectivity index (χ0v) is 15.4. The zero-order chi connectivity index (χ0) is 20.3. The van der Waals surface area contributed by atoms with Gasteiger partial charge in [0.15, 0.2) is 0 Å². The van der Waals surface area contributed by atoms with E-state index in [1.807, 2.05) is 0 Å². The molecule has 8 nitrogen and oxygen atoms in total. The van der Waals surface area contributed by atoms with Gasteiger partial charge in [0.05, 0.1) is 22.3 Å². The number of allylic oxidation sites excluding steroid dienone is 1. The van der Waals surface area contributed by atoms with E-state index in [4.69, 9.17) is 0 Å². The van der Waals surface area contributed by atoms with Crippen molar-refractivity contribution in [2.75, 3.05) is 0 Å². The maximum absolute atomic E-state index is 12.9. The summed E-state index contributed by atoms with van der Waals surface area (Å²) in [5, 5.41) is 16.9. The van der Waals surface area contributed by atoms with Crippen LogP contribution in [0.5, 0.6) is 5.75 Å². The number of pyridine rings is 2. The summed E-state index contributed by atoms with van der Waals surface area (Å²) >= 11 is 0. The number of aromatic amines is 2. The van der Waals surface area contributed by atoms with Crippen molar-refractivity contribution >= 4 is 24.1 Å². The Kier molecular flexibility index (Phi) is 5.21. The van der Waals surface area contributed by atoms with Crippen LogP contribution in [0.15, 0.2) is 51.8 Å². The van der Waals surface area contributed by atoms with Crippen LogP contribution in [0.2, 0.25) is 0 Å². The van der Waals surface area contributed by atoms with Crippen LogP contribution in [0.4, 0.5) is 5.69 Å². The van der Waals surface area contributed by atoms with E-state index in [0.29, 0.717) is 16.3 Å². The Morgan fingerprint density at radius 2 is 1.96 bits per heavy atom. The lowest BCUT2D eigenvalue weighted by molar-refractivity contribution is 0.468. The minimum atomic E-state index is -0.468. The number of nitrogens with zero attached hydrogens (tertiary/aromatic N) is 3. The molecule has 0 aromatic carbocycles. The highest BCUT2D eigenvalue weighted by atomic mass is 16.3. The molecule has 142 valence electrons. The predicted molar refractivity (Wildman–Crippen MR) is 109 cm³/mol. The Labute approximate surface area is 159 Å². The molecular formula is C20H19N5O3. The third kappa shape index (κ3) is 3.23. The van der Waals surface area contributed by atoms with Crippen molar-refractivity contribution in [3.05, 3.63) is 74.0 Å². The van der Waals surface area contributed by atoms with Crippen molar-refractivity contribution in [3.63, 3.8) is 0 Å². The summed E-state index contributed by atoms with van der Waals surface area (Å²) in [6.45, 7) is 5.39. The van der Waals surface area contributed by atoms with Gasteiger partial charge in [0.1, 0.15) is 11.3 Å². The Bertz CT molecular complexity index is 1290. The number of aliphatic imine (C=N–C) groups is 1. The maximum atomic E-state index is 12.9. The number of nitrogens with one attached hydrogen (secondary N) is 2. The first-order chi connectivity index (χ1) is 13.5. The third-order valence-corrected chi connectivity index (χ3v) is 4.28. The molecule has 0 aliphatic rings. The zero-order valence-electron chi connectivity index (χ0n) is 15.4. The SMILES string of the molecule is C=C/C=c1\c(=C/C)c(O)c(-c2[nH][nH]c(=O)c2C=Nc2ccncc2)c(=O)n1C. The van der Waals surface area contributed by atoms with Gasteiger partial charge in [0.25, 0.3) is 11.1 Å². The van der Waals surface area contributed by atoms with E-state index in [0.717, 1.165) is 0 Å². The molecule has 0 aliphatic carbocycles. The van der Waals surface area contributed by atoms with Crippen LogP contribution in [-0.4, -0.2) is 31.1 Å². The van der Waals surface area contributed by atoms with E-state index in [1.54, 1.807) is 50.6 Å². The quantitative estimate of drug-likeness (QED) is 0.580. The molecule has 0 atom stereocenters. The fourth-order valence-electron chi connectivity index (χ4n) is 2.90. The molecule has 0 fully saturated rings. The number of aromatic hydroxyl groups is 1. The third-order valence-electron chi connectivity index (χ3n) is 4.28. The fraction of sp³-hybridized carbons (Fsp3) is 0.100. The summed E-state index contributed by atoms with van der Waals surface area (Å²) in [4.78, 5) is 33.3. The summed E-state index contributed by atoms with van der Waals surface area (Å²) in [7, 11) is 1.59. The van der Waals surface area contributed by atoms with Gasteiger partial charge in [-0.05, 0) is 25.1 Å². The summed E-state index contributed by atoms with van der Waals surface area (Å²) in [5.74, 6) is -0.229. The van der Waals surface area contributed by atoms with Gasteiger partial charge in [0.2, 0.25) is 0 Å². The highest BCUT2D eigenvalue weighted by Crippen LogP contribution is 2.21. The van der Waals surface area contributed by atoms with Crippen molar-refractivity contribution in [3.8, 4) is 17.0 Å². The largest absolute Gasteiger partial charge is 0.506 e. The molecular weight excluding hydrogens is 358 g/mol. The van der Waals surface area contributed by atoms with Gasteiger partial charge in [-0.2, -0.15) is 0 Å². The molecule has 0 saturated carbocycles. The number of aromatic nitrogens is 4. The van der Waals surface area contributed by atoms with Crippen molar-refractivity contribution in [2.45, 2.75) is 6.92 Å². The first-order valence-corrected chi connectivity index (χ1v) is 8.45. The Morgan fingerprint density at radius 1 is 1.25 bits per heavy atom. The Morgan fingerprint density at radius 3 is 2.61 bits per heavy atom. The average Bonchev–Trinajstić information content (AvgIpc) is 3.06. The number of rotatable bonds is 4. The molecule has 0 saturated heterocycles. The lowest BCUT2D eigenvalue weighted by atomic mass is 10.1. The van der Waals surface area contributed by atoms with Crippen LogP contribution >= 0.6 is 0 Å². The van der Waals surface area contributed by atoms with Crippen molar-refractivity contribution < 1.29 is 5.11 Å². The molecule has 8 heteroatoms. The minimum absolute atomic E-state index is 0.0219. The van der Waals surface area contributed by atoms with Crippen LogP contribution < -0.4 is 21.7 Å². The topological polar surface area (TPSA) is 116 Å². The van der Waals surface area contributed by atoms with Crippen LogP contribution in [0.1, 0.15) is 12.5 Å². The molecule has 0 unspecified atom stereocenters. The molecule has 3 N–H and O–H groups in total. The van der Waals surface area contributed by atoms with E-state index in [1.165, 1.54) is 16.9 Å². The lowest BCUT2D eigenvalue weighted by Gasteiger charge is -2.09.